The van der Waals surface area contributed by atoms with Crippen molar-refractivity contribution in [1.82, 2.24) is 5.09 Å². The van der Waals surface area contributed by atoms with Crippen LogP contribution in [0.1, 0.15) is 27.2 Å². The van der Waals surface area contributed by atoms with Crippen LogP contribution >= 0.6 is 27.9 Å². The lowest BCUT2D eigenvalue weighted by Gasteiger charge is -2.14. The van der Waals surface area contributed by atoms with Gasteiger partial charge in [-0.2, -0.15) is 0 Å². The van der Waals surface area contributed by atoms with Crippen LogP contribution < -0.4 is 5.09 Å². The smallest absolute Gasteiger partial charge is 0.306 e. The van der Waals surface area contributed by atoms with Crippen LogP contribution in [-0.2, 0) is 9.09 Å². The summed E-state index contributed by atoms with van der Waals surface area (Å²) < 4.78 is 17.3. The standard InChI is InChI=1S/C8H19N2O2PS2/c1-4-7-9-8-10-13(11,12-5-2)15-14-6-3/h8H,4-7H2,1-3H3,(H,9,10,11). The van der Waals surface area contributed by atoms with Gasteiger partial charge in [-0.1, -0.05) is 24.6 Å². The Morgan fingerprint density at radius 1 is 1.47 bits per heavy atom. The molecule has 0 aromatic carbocycles. The molecule has 0 heterocycles. The maximum Gasteiger partial charge on any atom is 0.362 e. The first-order valence-corrected chi connectivity index (χ1v) is 9.55. The Morgan fingerprint density at radius 2 is 2.20 bits per heavy atom. The number of rotatable bonds is 9. The third-order valence-corrected chi connectivity index (χ3v) is 7.75. The van der Waals surface area contributed by atoms with Crippen molar-refractivity contribution in [3.63, 3.8) is 0 Å². The van der Waals surface area contributed by atoms with Gasteiger partial charge in [0.05, 0.1) is 12.9 Å². The second-order valence-corrected chi connectivity index (χ2v) is 8.97. The van der Waals surface area contributed by atoms with E-state index in [9.17, 15) is 4.57 Å². The predicted octanol–water partition coefficient (Wildman–Crippen LogP) is 3.56. The van der Waals surface area contributed by atoms with Crippen LogP contribution in [0.25, 0.3) is 0 Å². The fourth-order valence-corrected chi connectivity index (χ4v) is 6.07. The maximum absolute atomic E-state index is 12.1. The van der Waals surface area contributed by atoms with Crippen LogP contribution in [0, 0.1) is 0 Å². The average molecular weight is 270 g/mol. The molecule has 0 saturated carbocycles. The molecule has 0 aliphatic rings. The van der Waals surface area contributed by atoms with Gasteiger partial charge in [-0.3, -0.25) is 14.6 Å². The summed E-state index contributed by atoms with van der Waals surface area (Å²) in [5, 5.41) is 2.75. The van der Waals surface area contributed by atoms with Crippen molar-refractivity contribution in [2.75, 3.05) is 18.9 Å². The summed E-state index contributed by atoms with van der Waals surface area (Å²) in [5.74, 6) is 0.898. The molecule has 90 valence electrons. The van der Waals surface area contributed by atoms with Gasteiger partial charge in [0.1, 0.15) is 0 Å². The first kappa shape index (κ1) is 15.4. The third kappa shape index (κ3) is 8.20. The van der Waals surface area contributed by atoms with Crippen LogP contribution in [0.4, 0.5) is 0 Å². The molecule has 0 saturated heterocycles. The summed E-state index contributed by atoms with van der Waals surface area (Å²) in [7, 11) is 2.78. The highest BCUT2D eigenvalue weighted by Crippen LogP contribution is 2.60. The zero-order valence-electron chi connectivity index (χ0n) is 9.43. The van der Waals surface area contributed by atoms with E-state index in [1.165, 1.54) is 27.5 Å². The van der Waals surface area contributed by atoms with Crippen molar-refractivity contribution < 1.29 is 9.09 Å². The van der Waals surface area contributed by atoms with Crippen molar-refractivity contribution in [2.24, 2.45) is 4.99 Å². The molecule has 0 bridgehead atoms. The van der Waals surface area contributed by atoms with E-state index < -0.39 is 6.72 Å². The van der Waals surface area contributed by atoms with Crippen LogP contribution in [0.2, 0.25) is 0 Å². The zero-order chi connectivity index (χ0) is 11.6. The van der Waals surface area contributed by atoms with Crippen molar-refractivity contribution in [3.8, 4) is 0 Å². The molecule has 0 fully saturated rings. The zero-order valence-corrected chi connectivity index (χ0v) is 12.0. The highest BCUT2D eigenvalue weighted by molar-refractivity contribution is 8.99. The van der Waals surface area contributed by atoms with Gasteiger partial charge in [0.2, 0.25) is 0 Å². The molecule has 0 amide bonds. The van der Waals surface area contributed by atoms with Gasteiger partial charge < -0.3 is 4.52 Å². The lowest BCUT2D eigenvalue weighted by atomic mass is 10.5. The van der Waals surface area contributed by atoms with Crippen molar-refractivity contribution >= 4 is 34.3 Å². The van der Waals surface area contributed by atoms with E-state index in [1.54, 1.807) is 0 Å². The fourth-order valence-electron chi connectivity index (χ4n) is 0.678. The molecular weight excluding hydrogens is 251 g/mol. The lowest BCUT2D eigenvalue weighted by Crippen LogP contribution is -2.07. The van der Waals surface area contributed by atoms with E-state index in [1.807, 2.05) is 20.8 Å². The van der Waals surface area contributed by atoms with Crippen LogP contribution in [-0.4, -0.2) is 25.2 Å². The number of hydrogen-bond acceptors (Lipinski definition) is 5. The minimum Gasteiger partial charge on any atom is -0.306 e. The van der Waals surface area contributed by atoms with Gasteiger partial charge >= 0.3 is 6.72 Å². The Hall–Kier alpha value is 0.360. The molecule has 7 heteroatoms. The topological polar surface area (TPSA) is 50.7 Å². The molecule has 15 heavy (non-hydrogen) atoms. The van der Waals surface area contributed by atoms with E-state index >= 15 is 0 Å². The summed E-state index contributed by atoms with van der Waals surface area (Å²) in [6, 6.07) is 0. The lowest BCUT2D eigenvalue weighted by molar-refractivity contribution is 0.343. The highest BCUT2D eigenvalue weighted by atomic mass is 33.3. The molecule has 1 N–H and O–H groups in total. The van der Waals surface area contributed by atoms with E-state index in [4.69, 9.17) is 4.52 Å². The van der Waals surface area contributed by atoms with Crippen LogP contribution in [0.15, 0.2) is 4.99 Å². The molecule has 0 aromatic heterocycles. The molecule has 0 radical (unpaired) electrons. The Bertz CT molecular complexity index is 227. The van der Waals surface area contributed by atoms with Crippen LogP contribution in [0.5, 0.6) is 0 Å². The monoisotopic (exact) mass is 270 g/mol. The Labute approximate surface area is 99.7 Å². The molecule has 0 spiro atoms. The van der Waals surface area contributed by atoms with Gasteiger partial charge in [0.15, 0.2) is 0 Å². The Kier molecular flexibility index (Phi) is 9.81. The highest BCUT2D eigenvalue weighted by Gasteiger charge is 2.22. The second-order valence-electron chi connectivity index (χ2n) is 2.56. The minimum absolute atomic E-state index is 0.434. The fraction of sp³-hybridized carbons (Fsp3) is 0.875. The normalized spacial score (nSPS) is 15.4. The number of nitrogens with one attached hydrogen (secondary N) is 1. The van der Waals surface area contributed by atoms with E-state index in [0.717, 1.165) is 18.7 Å². The van der Waals surface area contributed by atoms with E-state index in [0.29, 0.717) is 6.61 Å². The molecule has 1 atom stereocenters. The SMILES string of the molecule is CCCN=CNP(=O)(OCC)SSCC. The summed E-state index contributed by atoms with van der Waals surface area (Å²) in [5.41, 5.74) is 0. The van der Waals surface area contributed by atoms with E-state index in [-0.39, 0.29) is 0 Å². The molecule has 1 unspecified atom stereocenters. The number of nitrogens with zero attached hydrogens (tertiary/aromatic N) is 1. The predicted molar refractivity (Wildman–Crippen MR) is 71.7 cm³/mol. The van der Waals surface area contributed by atoms with Gasteiger partial charge in [-0.05, 0) is 13.3 Å². The molecule has 0 rings (SSSR count). The van der Waals surface area contributed by atoms with Gasteiger partial charge in [-0.25, -0.2) is 0 Å². The van der Waals surface area contributed by atoms with Crippen LogP contribution in [0.3, 0.4) is 0 Å². The average Bonchev–Trinajstić information content (AvgIpc) is 2.22. The Balaban J connectivity index is 4.06. The first-order chi connectivity index (χ1) is 7.18. The molecule has 0 aliphatic heterocycles. The summed E-state index contributed by atoms with van der Waals surface area (Å²) in [6.45, 7) is 4.26. The summed E-state index contributed by atoms with van der Waals surface area (Å²) in [6.07, 6.45) is 2.47. The molecule has 4 nitrogen and oxygen atoms in total. The van der Waals surface area contributed by atoms with E-state index in [2.05, 4.69) is 10.1 Å². The van der Waals surface area contributed by atoms with Gasteiger partial charge in [-0.15, -0.1) is 0 Å². The molecule has 0 aromatic rings. The van der Waals surface area contributed by atoms with Crippen molar-refractivity contribution in [1.29, 1.82) is 0 Å². The number of aliphatic imine (C=N–C) groups is 1. The van der Waals surface area contributed by atoms with Gasteiger partial charge in [0, 0.05) is 22.7 Å². The maximum atomic E-state index is 12.1. The summed E-state index contributed by atoms with van der Waals surface area (Å²) >= 11 is 0. The first-order valence-electron chi connectivity index (χ1n) is 5.00. The van der Waals surface area contributed by atoms with Gasteiger partial charge in [0.25, 0.3) is 0 Å². The largest absolute Gasteiger partial charge is 0.362 e. The quantitative estimate of drug-likeness (QED) is 0.300. The second kappa shape index (κ2) is 9.58. The summed E-state index contributed by atoms with van der Waals surface area (Å²) in [4.78, 5) is 4.05. The Morgan fingerprint density at radius 3 is 2.73 bits per heavy atom. The molecular formula is C8H19N2O2PS2. The van der Waals surface area contributed by atoms with Crippen molar-refractivity contribution in [3.05, 3.63) is 0 Å². The minimum atomic E-state index is -2.80. The third-order valence-electron chi connectivity index (χ3n) is 1.23. The molecule has 0 aliphatic carbocycles. The number of hydrogen-bond donors (Lipinski definition) is 1. The van der Waals surface area contributed by atoms with Crippen molar-refractivity contribution in [2.45, 2.75) is 27.2 Å².